The molecular weight excluding hydrogens is 424 g/mol. The third-order valence-electron chi connectivity index (χ3n) is 4.42. The molecule has 0 aliphatic carbocycles. The molecule has 0 atom stereocenters. The van der Waals surface area contributed by atoms with Gasteiger partial charge in [0, 0.05) is 0 Å². The Morgan fingerprint density at radius 3 is 2.43 bits per heavy atom. The Kier molecular flexibility index (Phi) is 6.84. The molecule has 0 spiro atoms. The third kappa shape index (κ3) is 5.03. The molecule has 3 rings (SSSR count). The number of carbonyl (C=O) groups excluding carboxylic acids is 2. The molecule has 1 amide bonds. The highest BCUT2D eigenvalue weighted by Crippen LogP contribution is 2.17. The lowest BCUT2D eigenvalue weighted by atomic mass is 10.1. The van der Waals surface area contributed by atoms with Gasteiger partial charge in [0.05, 0.1) is 33.9 Å². The number of nitrogens with zero attached hydrogens (tertiary/aromatic N) is 2. The molecule has 0 saturated heterocycles. The molecule has 0 aliphatic heterocycles. The summed E-state index contributed by atoms with van der Waals surface area (Å²) < 4.78 is 31.4. The zero-order valence-electron chi connectivity index (χ0n) is 16.7. The van der Waals surface area contributed by atoms with Crippen LogP contribution < -0.4 is 4.80 Å². The van der Waals surface area contributed by atoms with E-state index in [1.807, 2.05) is 24.3 Å². The number of ether oxygens (including phenoxy) is 1. The van der Waals surface area contributed by atoms with E-state index in [0.29, 0.717) is 10.4 Å². The molecule has 0 unspecified atom stereocenters. The fourth-order valence-electron chi connectivity index (χ4n) is 2.90. The summed E-state index contributed by atoms with van der Waals surface area (Å²) >= 11 is 1.32. The van der Waals surface area contributed by atoms with Crippen LogP contribution in [0.1, 0.15) is 19.4 Å². The summed E-state index contributed by atoms with van der Waals surface area (Å²) in [6.45, 7) is 3.56. The van der Waals surface area contributed by atoms with Gasteiger partial charge < -0.3 is 9.30 Å². The van der Waals surface area contributed by atoms with Crippen LogP contribution in [0.5, 0.6) is 0 Å². The number of para-hydroxylation sites is 1. The van der Waals surface area contributed by atoms with Crippen molar-refractivity contribution in [2.45, 2.75) is 31.7 Å². The fraction of sp³-hybridized carbons (Fsp3) is 0.286. The van der Waals surface area contributed by atoms with Gasteiger partial charge in [0.2, 0.25) is 0 Å². The van der Waals surface area contributed by atoms with Gasteiger partial charge in [0.25, 0.3) is 5.91 Å². The van der Waals surface area contributed by atoms with Gasteiger partial charge in [-0.1, -0.05) is 42.5 Å². The number of amides is 1. The Morgan fingerprint density at radius 2 is 1.77 bits per heavy atom. The number of aromatic nitrogens is 1. The van der Waals surface area contributed by atoms with E-state index in [2.05, 4.69) is 4.99 Å². The number of hydrogen-bond acceptors (Lipinski definition) is 6. The first-order valence-electron chi connectivity index (χ1n) is 9.47. The molecule has 0 N–H and O–H groups in total. The molecule has 0 fully saturated rings. The average molecular weight is 447 g/mol. The predicted octanol–water partition coefficient (Wildman–Crippen LogP) is 2.73. The molecule has 0 saturated carbocycles. The standard InChI is InChI=1S/C21H22N2O5S2/c1-3-28-20(25)14-23-17-7-5-6-8-18(17)29-21(23)22-19(24)13-15-9-11-16(12-10-15)30(26,27)4-2/h5-12H,3-4,13-14H2,1-2H3. The molecular formula is C21H22N2O5S2. The molecule has 2 aromatic carbocycles. The monoisotopic (exact) mass is 446 g/mol. The number of rotatable bonds is 7. The van der Waals surface area contributed by atoms with Crippen molar-refractivity contribution >= 4 is 43.3 Å². The molecule has 1 aromatic heterocycles. The van der Waals surface area contributed by atoms with Crippen LogP contribution >= 0.6 is 11.3 Å². The number of benzene rings is 2. The Hall–Kier alpha value is -2.78. The predicted molar refractivity (Wildman–Crippen MR) is 115 cm³/mol. The smallest absolute Gasteiger partial charge is 0.326 e. The van der Waals surface area contributed by atoms with Gasteiger partial charge in [-0.15, -0.1) is 0 Å². The van der Waals surface area contributed by atoms with Crippen molar-refractivity contribution in [2.24, 2.45) is 4.99 Å². The van der Waals surface area contributed by atoms with Crippen LogP contribution in [0.3, 0.4) is 0 Å². The Labute approximate surface area is 178 Å². The minimum Gasteiger partial charge on any atom is -0.465 e. The highest BCUT2D eigenvalue weighted by molar-refractivity contribution is 7.91. The maximum absolute atomic E-state index is 12.6. The first-order chi connectivity index (χ1) is 14.3. The maximum atomic E-state index is 12.6. The Bertz CT molecular complexity index is 1240. The summed E-state index contributed by atoms with van der Waals surface area (Å²) in [5.74, 6) is -0.763. The maximum Gasteiger partial charge on any atom is 0.326 e. The Morgan fingerprint density at radius 1 is 1.07 bits per heavy atom. The van der Waals surface area contributed by atoms with Gasteiger partial charge in [-0.05, 0) is 36.8 Å². The van der Waals surface area contributed by atoms with E-state index in [4.69, 9.17) is 4.74 Å². The lowest BCUT2D eigenvalue weighted by molar-refractivity contribution is -0.143. The van der Waals surface area contributed by atoms with Gasteiger partial charge in [-0.25, -0.2) is 8.42 Å². The molecule has 0 bridgehead atoms. The molecule has 9 heteroatoms. The molecule has 30 heavy (non-hydrogen) atoms. The van der Waals surface area contributed by atoms with E-state index in [1.54, 1.807) is 30.5 Å². The first-order valence-corrected chi connectivity index (χ1v) is 11.9. The number of fused-ring (bicyclic) bond motifs is 1. The first kappa shape index (κ1) is 21.9. The minimum atomic E-state index is -3.28. The van der Waals surface area contributed by atoms with E-state index < -0.39 is 15.8 Å². The summed E-state index contributed by atoms with van der Waals surface area (Å²) in [5, 5.41) is 0. The number of thiazole rings is 1. The SMILES string of the molecule is CCOC(=O)Cn1c(=NC(=O)Cc2ccc(S(=O)(=O)CC)cc2)sc2ccccc21. The zero-order chi connectivity index (χ0) is 21.7. The van der Waals surface area contributed by atoms with E-state index in [-0.39, 0.29) is 36.1 Å². The van der Waals surface area contributed by atoms with Crippen LogP contribution in [-0.4, -0.2) is 37.2 Å². The molecule has 1 heterocycles. The van der Waals surface area contributed by atoms with Crippen molar-refractivity contribution < 1.29 is 22.7 Å². The third-order valence-corrected chi connectivity index (χ3v) is 7.23. The van der Waals surface area contributed by atoms with Gasteiger partial charge in [0.1, 0.15) is 6.54 Å². The number of sulfone groups is 1. The lowest BCUT2D eigenvalue weighted by Crippen LogP contribution is -2.23. The number of carbonyl (C=O) groups is 2. The van der Waals surface area contributed by atoms with Crippen LogP contribution in [0.15, 0.2) is 58.4 Å². The molecule has 0 aliphatic rings. The van der Waals surface area contributed by atoms with Crippen molar-refractivity contribution in [3.8, 4) is 0 Å². The average Bonchev–Trinajstić information content (AvgIpc) is 3.05. The Balaban J connectivity index is 1.89. The molecule has 3 aromatic rings. The van der Waals surface area contributed by atoms with E-state index in [9.17, 15) is 18.0 Å². The second-order valence-electron chi connectivity index (χ2n) is 6.47. The highest BCUT2D eigenvalue weighted by Gasteiger charge is 2.13. The summed E-state index contributed by atoms with van der Waals surface area (Å²) in [7, 11) is -3.28. The molecule has 158 valence electrons. The summed E-state index contributed by atoms with van der Waals surface area (Å²) in [6.07, 6.45) is 0.0279. The quantitative estimate of drug-likeness (QED) is 0.520. The minimum absolute atomic E-state index is 0.0208. The summed E-state index contributed by atoms with van der Waals surface area (Å²) in [4.78, 5) is 29.4. The van der Waals surface area contributed by atoms with Crippen molar-refractivity contribution in [1.29, 1.82) is 0 Å². The van der Waals surface area contributed by atoms with Gasteiger partial charge in [0.15, 0.2) is 14.6 Å². The fourth-order valence-corrected chi connectivity index (χ4v) is 4.83. The number of esters is 1. The normalized spacial score (nSPS) is 12.3. The lowest BCUT2D eigenvalue weighted by Gasteiger charge is -2.05. The molecule has 7 nitrogen and oxygen atoms in total. The van der Waals surface area contributed by atoms with Crippen LogP contribution in [0.4, 0.5) is 0 Å². The topological polar surface area (TPSA) is 94.8 Å². The summed E-state index contributed by atoms with van der Waals surface area (Å²) in [6, 6.07) is 13.7. The van der Waals surface area contributed by atoms with Crippen molar-refractivity contribution in [3.05, 3.63) is 58.9 Å². The van der Waals surface area contributed by atoms with E-state index in [0.717, 1.165) is 10.2 Å². The van der Waals surface area contributed by atoms with Crippen LogP contribution in [0.2, 0.25) is 0 Å². The van der Waals surface area contributed by atoms with Gasteiger partial charge >= 0.3 is 5.97 Å². The number of hydrogen-bond donors (Lipinski definition) is 0. The second kappa shape index (κ2) is 9.36. The molecule has 0 radical (unpaired) electrons. The van der Waals surface area contributed by atoms with E-state index >= 15 is 0 Å². The van der Waals surface area contributed by atoms with E-state index in [1.165, 1.54) is 23.5 Å². The van der Waals surface area contributed by atoms with Crippen molar-refractivity contribution in [3.63, 3.8) is 0 Å². The summed E-state index contributed by atoms with van der Waals surface area (Å²) in [5.41, 5.74) is 1.47. The zero-order valence-corrected chi connectivity index (χ0v) is 18.3. The van der Waals surface area contributed by atoms with Gasteiger partial charge in [-0.2, -0.15) is 4.99 Å². The largest absolute Gasteiger partial charge is 0.465 e. The van der Waals surface area contributed by atoms with Crippen LogP contribution in [0.25, 0.3) is 10.2 Å². The highest BCUT2D eigenvalue weighted by atomic mass is 32.2. The second-order valence-corrected chi connectivity index (χ2v) is 9.76. The van der Waals surface area contributed by atoms with Crippen molar-refractivity contribution in [2.75, 3.05) is 12.4 Å². The van der Waals surface area contributed by atoms with Crippen LogP contribution in [0, 0.1) is 0 Å². The van der Waals surface area contributed by atoms with Crippen molar-refractivity contribution in [1.82, 2.24) is 4.57 Å². The van der Waals surface area contributed by atoms with Crippen LogP contribution in [-0.2, 0) is 37.1 Å². The van der Waals surface area contributed by atoms with Gasteiger partial charge in [-0.3, -0.25) is 9.59 Å².